The van der Waals surface area contributed by atoms with Gasteiger partial charge in [-0.1, -0.05) is 11.6 Å². The van der Waals surface area contributed by atoms with Gasteiger partial charge in [-0.2, -0.15) is 5.10 Å². The van der Waals surface area contributed by atoms with Gasteiger partial charge in [-0.25, -0.2) is 0 Å². The first-order valence-corrected chi connectivity index (χ1v) is 5.70. The zero-order chi connectivity index (χ0) is 12.6. The van der Waals surface area contributed by atoms with Gasteiger partial charge < -0.3 is 4.42 Å². The lowest BCUT2D eigenvalue weighted by atomic mass is 10.1. The molecule has 0 spiro atoms. The number of rotatable bonds is 3. The molecule has 0 aliphatic rings. The van der Waals surface area contributed by atoms with Gasteiger partial charge in [0.2, 0.25) is 5.22 Å². The maximum atomic E-state index is 12.0. The van der Waals surface area contributed by atoms with Crippen LogP contribution in [0.3, 0.4) is 0 Å². The van der Waals surface area contributed by atoms with Gasteiger partial charge in [0.15, 0.2) is 5.78 Å². The van der Waals surface area contributed by atoms with Crippen LogP contribution < -0.4 is 0 Å². The summed E-state index contributed by atoms with van der Waals surface area (Å²) in [5.74, 6) is -0.137. The molecule has 0 amide bonds. The molecule has 0 N–H and O–H groups in total. The summed E-state index contributed by atoms with van der Waals surface area (Å²) in [5, 5.41) is 4.72. The van der Waals surface area contributed by atoms with E-state index in [1.807, 2.05) is 6.92 Å². The molecule has 0 aliphatic carbocycles. The Morgan fingerprint density at radius 2 is 2.24 bits per heavy atom. The minimum atomic E-state index is -0.137. The number of aromatic nitrogens is 2. The average Bonchev–Trinajstić information content (AvgIpc) is 2.78. The summed E-state index contributed by atoms with van der Waals surface area (Å²) < 4.78 is 6.42. The predicted molar refractivity (Wildman–Crippen MR) is 64.7 cm³/mol. The van der Waals surface area contributed by atoms with Crippen molar-refractivity contribution in [1.29, 1.82) is 0 Å². The van der Waals surface area contributed by atoms with Crippen LogP contribution in [0.4, 0.5) is 0 Å². The van der Waals surface area contributed by atoms with E-state index in [0.717, 1.165) is 11.3 Å². The molecule has 2 heterocycles. The molecular formula is C11H10Cl2N2O2. The summed E-state index contributed by atoms with van der Waals surface area (Å²) in [5.41, 5.74) is 1.83. The summed E-state index contributed by atoms with van der Waals surface area (Å²) in [6, 6.07) is 1.55. The number of hydrogen-bond acceptors (Lipinski definition) is 3. The smallest absolute Gasteiger partial charge is 0.203 e. The summed E-state index contributed by atoms with van der Waals surface area (Å²) >= 11 is 11.8. The lowest BCUT2D eigenvalue weighted by Crippen LogP contribution is -2.03. The second-order valence-corrected chi connectivity index (χ2v) is 4.39. The fourth-order valence-electron chi connectivity index (χ4n) is 1.62. The van der Waals surface area contributed by atoms with Gasteiger partial charge >= 0.3 is 0 Å². The van der Waals surface area contributed by atoms with Crippen molar-refractivity contribution < 1.29 is 9.21 Å². The molecule has 4 nitrogen and oxygen atoms in total. The molecular weight excluding hydrogens is 263 g/mol. The summed E-state index contributed by atoms with van der Waals surface area (Å²) in [6.07, 6.45) is 1.55. The molecule has 17 heavy (non-hydrogen) atoms. The first-order valence-electron chi connectivity index (χ1n) is 4.95. The van der Waals surface area contributed by atoms with Gasteiger partial charge in [0.25, 0.3) is 0 Å². The van der Waals surface area contributed by atoms with Crippen LogP contribution in [0, 0.1) is 6.92 Å². The van der Waals surface area contributed by atoms with Crippen LogP contribution >= 0.6 is 23.2 Å². The molecule has 2 aromatic rings. The Balaban J connectivity index is 2.28. The highest BCUT2D eigenvalue weighted by atomic mass is 35.5. The molecule has 2 rings (SSSR count). The molecule has 0 fully saturated rings. The number of carbonyl (C=O) groups is 1. The van der Waals surface area contributed by atoms with Crippen molar-refractivity contribution in [3.05, 3.63) is 39.5 Å². The van der Waals surface area contributed by atoms with Crippen molar-refractivity contribution in [1.82, 2.24) is 9.78 Å². The zero-order valence-corrected chi connectivity index (χ0v) is 10.8. The normalized spacial score (nSPS) is 10.8. The minimum absolute atomic E-state index is 0.104. The number of ketones is 1. The van der Waals surface area contributed by atoms with Crippen LogP contribution in [-0.4, -0.2) is 15.6 Å². The van der Waals surface area contributed by atoms with Crippen LogP contribution in [0.5, 0.6) is 0 Å². The second kappa shape index (κ2) is 4.55. The predicted octanol–water partition coefficient (Wildman–Crippen LogP) is 3.05. The lowest BCUT2D eigenvalue weighted by molar-refractivity contribution is 0.0992. The number of furan rings is 1. The van der Waals surface area contributed by atoms with Crippen LogP contribution in [0.25, 0.3) is 0 Å². The van der Waals surface area contributed by atoms with E-state index in [1.54, 1.807) is 13.1 Å². The van der Waals surface area contributed by atoms with Crippen molar-refractivity contribution in [3.8, 4) is 0 Å². The molecule has 0 atom stereocenters. The quantitative estimate of drug-likeness (QED) is 0.807. The third kappa shape index (κ3) is 2.23. The zero-order valence-electron chi connectivity index (χ0n) is 9.33. The molecule has 90 valence electrons. The number of nitrogens with zero attached hydrogens (tertiary/aromatic N) is 2. The molecule has 6 heteroatoms. The van der Waals surface area contributed by atoms with Crippen LogP contribution in [0.1, 0.15) is 21.6 Å². The Hall–Kier alpha value is -1.26. The number of carbonyl (C=O) groups excluding carboxylic acids is 1. The van der Waals surface area contributed by atoms with Crippen LogP contribution in [-0.2, 0) is 13.5 Å². The maximum absolute atomic E-state index is 12.0. The third-order valence-corrected chi connectivity index (χ3v) is 3.29. The van der Waals surface area contributed by atoms with Gasteiger partial charge in [-0.15, -0.1) is 0 Å². The van der Waals surface area contributed by atoms with Gasteiger partial charge in [0, 0.05) is 19.0 Å². The number of Topliss-reactive ketones (excluding diaryl/α,β-unsaturated/α-hetero) is 1. The highest BCUT2D eigenvalue weighted by Crippen LogP contribution is 2.23. The van der Waals surface area contributed by atoms with Gasteiger partial charge in [-0.05, 0) is 24.6 Å². The Morgan fingerprint density at radius 3 is 2.71 bits per heavy atom. The van der Waals surface area contributed by atoms with E-state index in [9.17, 15) is 4.79 Å². The van der Waals surface area contributed by atoms with E-state index in [1.165, 1.54) is 10.9 Å². The number of aryl methyl sites for hydroxylation is 2. The van der Waals surface area contributed by atoms with Crippen molar-refractivity contribution in [3.63, 3.8) is 0 Å². The molecule has 2 aromatic heterocycles. The van der Waals surface area contributed by atoms with E-state index < -0.39 is 0 Å². The largest absolute Gasteiger partial charge is 0.452 e. The van der Waals surface area contributed by atoms with Crippen LogP contribution in [0.2, 0.25) is 10.4 Å². The molecule has 0 saturated carbocycles. The molecule has 0 unspecified atom stereocenters. The Labute approximate surface area is 108 Å². The fourth-order valence-corrected chi connectivity index (χ4v) is 2.09. The highest BCUT2D eigenvalue weighted by Gasteiger charge is 2.19. The lowest BCUT2D eigenvalue weighted by Gasteiger charge is -1.99. The van der Waals surface area contributed by atoms with E-state index in [4.69, 9.17) is 27.6 Å². The first kappa shape index (κ1) is 12.2. The molecule has 0 saturated heterocycles. The first-order chi connectivity index (χ1) is 8.00. The molecule has 0 aromatic carbocycles. The number of halogens is 2. The summed E-state index contributed by atoms with van der Waals surface area (Å²) in [4.78, 5) is 12.0. The molecule has 0 bridgehead atoms. The third-order valence-electron chi connectivity index (χ3n) is 2.53. The van der Waals surface area contributed by atoms with Gasteiger partial charge in [0.1, 0.15) is 5.15 Å². The monoisotopic (exact) mass is 272 g/mol. The van der Waals surface area contributed by atoms with Crippen molar-refractivity contribution in [2.75, 3.05) is 0 Å². The van der Waals surface area contributed by atoms with Gasteiger partial charge in [0.05, 0.1) is 17.5 Å². The summed E-state index contributed by atoms with van der Waals surface area (Å²) in [7, 11) is 1.73. The highest BCUT2D eigenvalue weighted by molar-refractivity contribution is 6.32. The topological polar surface area (TPSA) is 48.0 Å². The molecule has 0 radical (unpaired) electrons. The van der Waals surface area contributed by atoms with Crippen molar-refractivity contribution in [2.45, 2.75) is 13.3 Å². The number of hydrogen-bond donors (Lipinski definition) is 0. The Kier molecular flexibility index (Phi) is 3.26. The van der Waals surface area contributed by atoms with Crippen molar-refractivity contribution >= 4 is 29.0 Å². The standard InChI is InChI=1S/C11H10Cl2N2O2/c1-6-8(10(12)15(2)14-6)5-9(16)7-3-4-17-11(7)13/h3-4H,5H2,1-2H3. The van der Waals surface area contributed by atoms with Crippen LogP contribution in [0.15, 0.2) is 16.7 Å². The van der Waals surface area contributed by atoms with Gasteiger partial charge in [-0.3, -0.25) is 9.48 Å². The van der Waals surface area contributed by atoms with Crippen molar-refractivity contribution in [2.24, 2.45) is 7.05 Å². The minimum Gasteiger partial charge on any atom is -0.452 e. The second-order valence-electron chi connectivity index (χ2n) is 3.69. The average molecular weight is 273 g/mol. The van der Waals surface area contributed by atoms with E-state index in [0.29, 0.717) is 10.7 Å². The van der Waals surface area contributed by atoms with E-state index in [2.05, 4.69) is 5.10 Å². The molecule has 0 aliphatic heterocycles. The Bertz CT molecular complexity index is 572. The Morgan fingerprint density at radius 1 is 1.53 bits per heavy atom. The summed E-state index contributed by atoms with van der Waals surface area (Å²) in [6.45, 7) is 1.81. The van der Waals surface area contributed by atoms with E-state index >= 15 is 0 Å². The fraction of sp³-hybridized carbons (Fsp3) is 0.273. The van der Waals surface area contributed by atoms with E-state index in [-0.39, 0.29) is 17.4 Å². The SMILES string of the molecule is Cc1nn(C)c(Cl)c1CC(=O)c1ccoc1Cl. The maximum Gasteiger partial charge on any atom is 0.203 e.